The molecule has 0 aromatic heterocycles. The molecule has 0 aromatic carbocycles. The molecule has 0 rings (SSSR count). The molecule has 0 fully saturated rings. The normalized spacial score (nSPS) is 13.8. The predicted molar refractivity (Wildman–Crippen MR) is 123 cm³/mol. The zero-order chi connectivity index (χ0) is 31.8. The van der Waals surface area contributed by atoms with E-state index in [0.717, 1.165) is 0 Å². The second kappa shape index (κ2) is 23.4. The number of carboxylic acids is 9. The molecule has 21 nitrogen and oxygen atoms in total. The first-order valence-electron chi connectivity index (χ1n) is 9.64. The van der Waals surface area contributed by atoms with Crippen LogP contribution in [0.1, 0.15) is 19.3 Å². The molecule has 6 unspecified atom stereocenters. The number of carbonyl (C=O) groups is 9. The quantitative estimate of drug-likeness (QED) is 0.0758. The first-order chi connectivity index (χ1) is 17.6. The van der Waals surface area contributed by atoms with Gasteiger partial charge in [-0.15, -0.1) is 0 Å². The van der Waals surface area contributed by atoms with Gasteiger partial charge in [-0.3, -0.25) is 28.8 Å². The molecule has 23 heteroatoms. The molecule has 0 aliphatic rings. The largest absolute Gasteiger partial charge is 2.00 e. The van der Waals surface area contributed by atoms with Crippen molar-refractivity contribution in [2.45, 2.75) is 37.6 Å². The fraction of sp³-hybridized carbons (Fsp3) is 0.500. The summed E-state index contributed by atoms with van der Waals surface area (Å²) >= 11 is 0. The van der Waals surface area contributed by atoms with Crippen LogP contribution < -0.4 is 0 Å². The Hall–Kier alpha value is -3.36. The van der Waals surface area contributed by atoms with E-state index in [1.165, 1.54) is 0 Å². The molecule has 0 amide bonds. The number of rotatable bonds is 15. The van der Waals surface area contributed by atoms with Gasteiger partial charge in [-0.25, -0.2) is 14.4 Å². The van der Waals surface area contributed by atoms with Crippen LogP contribution in [0.5, 0.6) is 0 Å². The fourth-order valence-corrected chi connectivity index (χ4v) is 2.08. The van der Waals surface area contributed by atoms with Crippen LogP contribution in [0, 0.1) is 17.8 Å². The van der Waals surface area contributed by atoms with E-state index in [0.29, 0.717) is 0 Å². The monoisotopic (exact) mass is 624 g/mol. The van der Waals surface area contributed by atoms with E-state index < -0.39 is 109 Å². The summed E-state index contributed by atoms with van der Waals surface area (Å²) < 4.78 is 0. The Labute approximate surface area is 258 Å². The number of hydrogen-bond donors (Lipinski definition) is 12. The van der Waals surface area contributed by atoms with Crippen molar-refractivity contribution in [1.29, 1.82) is 0 Å². The standard InChI is InChI=1S/3C6H8O7.2Mg/c3*7-3(8)1-2(5(10)11)4(9)6(12)13;;/h3*2,4,9H,1H2,(H,7,8)(H,10,11)(H,12,13);;/q;;;2*+2. The van der Waals surface area contributed by atoms with Crippen molar-refractivity contribution < 1.29 is 104 Å². The van der Waals surface area contributed by atoms with Crippen LogP contribution in [0.3, 0.4) is 0 Å². The Kier molecular flexibility index (Phi) is 27.0. The molecule has 0 saturated heterocycles. The van der Waals surface area contributed by atoms with Gasteiger partial charge in [-0.2, -0.15) is 0 Å². The topological polar surface area (TPSA) is 396 Å². The first kappa shape index (κ1) is 47.4. The van der Waals surface area contributed by atoms with Crippen LogP contribution in [0.4, 0.5) is 0 Å². The zero-order valence-corrected chi connectivity index (χ0v) is 23.4. The smallest absolute Gasteiger partial charge is 0.481 e. The zero-order valence-electron chi connectivity index (χ0n) is 20.5. The second-order valence-electron chi connectivity index (χ2n) is 6.98. The van der Waals surface area contributed by atoms with Crippen molar-refractivity contribution in [2.75, 3.05) is 0 Å². The van der Waals surface area contributed by atoms with Crippen LogP contribution in [0.15, 0.2) is 0 Å². The molecule has 222 valence electrons. The molecule has 0 bridgehead atoms. The Bertz CT molecular complexity index is 830. The number of hydrogen-bond acceptors (Lipinski definition) is 12. The van der Waals surface area contributed by atoms with E-state index in [2.05, 4.69) is 0 Å². The maximum atomic E-state index is 10.3. The molecule has 41 heavy (non-hydrogen) atoms. The number of aliphatic hydroxyl groups excluding tert-OH is 3. The van der Waals surface area contributed by atoms with E-state index in [1.807, 2.05) is 0 Å². The van der Waals surface area contributed by atoms with Crippen LogP contribution >= 0.6 is 0 Å². The molecular formula is C18H24Mg2O21+4. The summed E-state index contributed by atoms with van der Waals surface area (Å²) in [5.74, 6) is -20.1. The average molecular weight is 625 g/mol. The maximum Gasteiger partial charge on any atom is 2.00 e. The third-order valence-corrected chi connectivity index (χ3v) is 4.04. The summed E-state index contributed by atoms with van der Waals surface area (Å²) in [5, 5.41) is 101. The fourth-order valence-electron chi connectivity index (χ4n) is 2.08. The Balaban J connectivity index is -0.000000154. The van der Waals surface area contributed by atoms with Gasteiger partial charge in [0.25, 0.3) is 0 Å². The van der Waals surface area contributed by atoms with Gasteiger partial charge < -0.3 is 61.3 Å². The van der Waals surface area contributed by atoms with Gasteiger partial charge in [-0.05, 0) is 0 Å². The van der Waals surface area contributed by atoms with Crippen molar-refractivity contribution >= 4 is 99.8 Å². The maximum absolute atomic E-state index is 10.3. The van der Waals surface area contributed by atoms with Gasteiger partial charge in [0, 0.05) is 0 Å². The van der Waals surface area contributed by atoms with Crippen molar-refractivity contribution in [3.8, 4) is 0 Å². The average Bonchev–Trinajstić information content (AvgIpc) is 2.77. The molecule has 0 aliphatic carbocycles. The molecule has 0 spiro atoms. The summed E-state index contributed by atoms with van der Waals surface area (Å²) in [4.78, 5) is 91.5. The van der Waals surface area contributed by atoms with Crippen LogP contribution in [-0.4, -0.2) is 179 Å². The van der Waals surface area contributed by atoms with Crippen LogP contribution in [-0.2, 0) is 43.2 Å². The summed E-state index contributed by atoms with van der Waals surface area (Å²) in [6, 6.07) is 0. The molecule has 12 N–H and O–H groups in total. The second-order valence-corrected chi connectivity index (χ2v) is 6.98. The van der Waals surface area contributed by atoms with Crippen molar-refractivity contribution in [3.05, 3.63) is 0 Å². The SMILES string of the molecule is O=C(O)CC(C(=O)O)C(O)C(=O)O.O=C(O)CC(C(=O)O)C(O)C(=O)O.O=C(O)CC(C(=O)O)C(O)C(=O)O.[Mg+2].[Mg+2]. The van der Waals surface area contributed by atoms with Gasteiger partial charge >= 0.3 is 99.8 Å². The molecule has 0 aliphatic heterocycles. The van der Waals surface area contributed by atoms with Gasteiger partial charge in [0.05, 0.1) is 19.3 Å². The van der Waals surface area contributed by atoms with Crippen LogP contribution in [0.25, 0.3) is 0 Å². The van der Waals surface area contributed by atoms with Gasteiger partial charge in [0.2, 0.25) is 0 Å². The summed E-state index contributed by atoms with van der Waals surface area (Å²) in [6.07, 6.45) is -9.38. The Morgan fingerprint density at radius 1 is 0.341 bits per heavy atom. The third-order valence-electron chi connectivity index (χ3n) is 4.04. The Morgan fingerprint density at radius 2 is 0.488 bits per heavy atom. The molecule has 0 heterocycles. The van der Waals surface area contributed by atoms with Gasteiger partial charge in [0.1, 0.15) is 17.8 Å². The van der Waals surface area contributed by atoms with Gasteiger partial charge in [-0.1, -0.05) is 0 Å². The molecule has 0 aromatic rings. The third kappa shape index (κ3) is 22.1. The van der Waals surface area contributed by atoms with Gasteiger partial charge in [0.15, 0.2) is 18.3 Å². The summed E-state index contributed by atoms with van der Waals surface area (Å²) in [7, 11) is 0. The minimum atomic E-state index is -2.20. The van der Waals surface area contributed by atoms with E-state index in [-0.39, 0.29) is 46.1 Å². The van der Waals surface area contributed by atoms with E-state index >= 15 is 0 Å². The van der Waals surface area contributed by atoms with Crippen LogP contribution in [0.2, 0.25) is 0 Å². The van der Waals surface area contributed by atoms with Crippen molar-refractivity contribution in [2.24, 2.45) is 17.8 Å². The molecular weight excluding hydrogens is 601 g/mol. The van der Waals surface area contributed by atoms with E-state index in [9.17, 15) is 43.2 Å². The molecule has 0 radical (unpaired) electrons. The minimum absolute atomic E-state index is 0. The molecule has 0 saturated carbocycles. The number of carboxylic acid groups (broad SMARTS) is 9. The molecule has 6 atom stereocenters. The Morgan fingerprint density at radius 3 is 0.561 bits per heavy atom. The van der Waals surface area contributed by atoms with Crippen molar-refractivity contribution in [3.63, 3.8) is 0 Å². The van der Waals surface area contributed by atoms with Crippen molar-refractivity contribution in [1.82, 2.24) is 0 Å². The summed E-state index contributed by atoms with van der Waals surface area (Å²) in [5.41, 5.74) is 0. The number of aliphatic hydroxyl groups is 3. The predicted octanol–water partition coefficient (Wildman–Crippen LogP) is -4.94. The minimum Gasteiger partial charge on any atom is -0.481 e. The number of aliphatic carboxylic acids is 9. The summed E-state index contributed by atoms with van der Waals surface area (Å²) in [6.45, 7) is 0. The van der Waals surface area contributed by atoms with E-state index in [4.69, 9.17) is 61.3 Å². The first-order valence-corrected chi connectivity index (χ1v) is 9.64. The van der Waals surface area contributed by atoms with E-state index in [1.54, 1.807) is 0 Å².